The summed E-state index contributed by atoms with van der Waals surface area (Å²) in [5, 5.41) is 2.82. The maximum atomic E-state index is 13.8. The first-order valence-electron chi connectivity index (χ1n) is 11.7. The van der Waals surface area contributed by atoms with Crippen molar-refractivity contribution in [2.75, 3.05) is 12.0 Å². The van der Waals surface area contributed by atoms with Gasteiger partial charge in [-0.15, -0.1) is 0 Å². The molecule has 0 unspecified atom stereocenters. The van der Waals surface area contributed by atoms with E-state index in [1.165, 1.54) is 30.3 Å². The van der Waals surface area contributed by atoms with Gasteiger partial charge in [-0.25, -0.2) is 8.78 Å². The van der Waals surface area contributed by atoms with E-state index in [1.807, 2.05) is 24.3 Å². The molecule has 0 heterocycles. The normalized spacial score (nSPS) is 10.6. The zero-order valence-electron chi connectivity index (χ0n) is 20.3. The van der Waals surface area contributed by atoms with Gasteiger partial charge in [0.1, 0.15) is 17.4 Å². The summed E-state index contributed by atoms with van der Waals surface area (Å²) in [6.07, 6.45) is 0.151. The standard InChI is InChI=1S/C30H26F2N2O3/c1-37-28-15-9-23(10-16-28)20-34(30(36)24-3-2-4-26(32)18-24)27-13-7-21(8-14-27)17-29(35)33-19-22-5-11-25(31)12-6-22/h2-16,18H,17,19-20H2,1H3,(H,33,35). The molecule has 7 heteroatoms. The second-order valence-corrected chi connectivity index (χ2v) is 8.50. The van der Waals surface area contributed by atoms with E-state index in [4.69, 9.17) is 4.74 Å². The maximum Gasteiger partial charge on any atom is 0.258 e. The fraction of sp³-hybridized carbons (Fsp3) is 0.133. The van der Waals surface area contributed by atoms with Crippen LogP contribution < -0.4 is 15.0 Å². The summed E-state index contributed by atoms with van der Waals surface area (Å²) in [4.78, 5) is 27.3. The zero-order valence-corrected chi connectivity index (χ0v) is 20.3. The van der Waals surface area contributed by atoms with Gasteiger partial charge in [0.2, 0.25) is 5.91 Å². The van der Waals surface area contributed by atoms with Gasteiger partial charge in [0.25, 0.3) is 5.91 Å². The number of ether oxygens (including phenoxy) is 1. The van der Waals surface area contributed by atoms with Crippen molar-refractivity contribution in [1.82, 2.24) is 5.32 Å². The van der Waals surface area contributed by atoms with E-state index in [0.29, 0.717) is 18.0 Å². The van der Waals surface area contributed by atoms with E-state index in [0.717, 1.165) is 16.7 Å². The monoisotopic (exact) mass is 500 g/mol. The Kier molecular flexibility index (Phi) is 8.26. The molecule has 0 saturated heterocycles. The Morgan fingerprint density at radius 1 is 0.784 bits per heavy atom. The van der Waals surface area contributed by atoms with E-state index < -0.39 is 5.82 Å². The molecular weight excluding hydrogens is 474 g/mol. The van der Waals surface area contributed by atoms with Crippen LogP contribution in [0.25, 0.3) is 0 Å². The van der Waals surface area contributed by atoms with E-state index in [1.54, 1.807) is 54.5 Å². The summed E-state index contributed by atoms with van der Waals surface area (Å²) in [6.45, 7) is 0.561. The van der Waals surface area contributed by atoms with E-state index in [9.17, 15) is 18.4 Å². The second kappa shape index (κ2) is 11.9. The van der Waals surface area contributed by atoms with Crippen molar-refractivity contribution in [3.05, 3.63) is 131 Å². The molecule has 0 atom stereocenters. The number of rotatable bonds is 9. The average molecular weight is 501 g/mol. The van der Waals surface area contributed by atoms with Crippen LogP contribution in [0.1, 0.15) is 27.0 Å². The zero-order chi connectivity index (χ0) is 26.2. The number of amides is 2. The lowest BCUT2D eigenvalue weighted by Gasteiger charge is -2.24. The Labute approximate surface area is 214 Å². The molecule has 0 radical (unpaired) electrons. The summed E-state index contributed by atoms with van der Waals surface area (Å²) in [6, 6.07) is 26.0. The summed E-state index contributed by atoms with van der Waals surface area (Å²) in [7, 11) is 1.58. The lowest BCUT2D eigenvalue weighted by atomic mass is 10.1. The fourth-order valence-corrected chi connectivity index (χ4v) is 3.82. The van der Waals surface area contributed by atoms with Crippen LogP contribution in [-0.4, -0.2) is 18.9 Å². The van der Waals surface area contributed by atoms with Gasteiger partial charge in [0.15, 0.2) is 0 Å². The minimum Gasteiger partial charge on any atom is -0.497 e. The molecule has 0 aromatic heterocycles. The minimum absolute atomic E-state index is 0.151. The van der Waals surface area contributed by atoms with Gasteiger partial charge in [-0.2, -0.15) is 0 Å². The Morgan fingerprint density at radius 3 is 2.08 bits per heavy atom. The third-order valence-electron chi connectivity index (χ3n) is 5.83. The molecule has 0 bridgehead atoms. The molecule has 0 spiro atoms. The van der Waals surface area contributed by atoms with Crippen LogP contribution in [-0.2, 0) is 24.3 Å². The first-order chi connectivity index (χ1) is 17.9. The molecule has 2 amide bonds. The number of methoxy groups -OCH3 is 1. The molecule has 0 aliphatic rings. The SMILES string of the molecule is COc1ccc(CN(C(=O)c2cccc(F)c2)c2ccc(CC(=O)NCc3ccc(F)cc3)cc2)cc1. The van der Waals surface area contributed by atoms with Gasteiger partial charge in [-0.05, 0) is 71.3 Å². The van der Waals surface area contributed by atoms with Gasteiger partial charge in [0.05, 0.1) is 20.1 Å². The smallest absolute Gasteiger partial charge is 0.258 e. The highest BCUT2D eigenvalue weighted by molar-refractivity contribution is 6.06. The number of carbonyl (C=O) groups excluding carboxylic acids is 2. The van der Waals surface area contributed by atoms with Gasteiger partial charge >= 0.3 is 0 Å². The summed E-state index contributed by atoms with van der Waals surface area (Å²) in [5.41, 5.74) is 3.28. The van der Waals surface area contributed by atoms with Crippen molar-refractivity contribution in [1.29, 1.82) is 0 Å². The molecule has 0 aliphatic heterocycles. The lowest BCUT2D eigenvalue weighted by molar-refractivity contribution is -0.120. The predicted molar refractivity (Wildman–Crippen MR) is 138 cm³/mol. The van der Waals surface area contributed by atoms with Gasteiger partial charge in [-0.1, -0.05) is 42.5 Å². The highest BCUT2D eigenvalue weighted by atomic mass is 19.1. The van der Waals surface area contributed by atoms with Crippen molar-refractivity contribution in [2.24, 2.45) is 0 Å². The predicted octanol–water partition coefficient (Wildman–Crippen LogP) is 5.68. The quantitative estimate of drug-likeness (QED) is 0.322. The Balaban J connectivity index is 1.48. The molecule has 5 nitrogen and oxygen atoms in total. The van der Waals surface area contributed by atoms with Crippen LogP contribution in [0.4, 0.5) is 14.5 Å². The first kappa shape index (κ1) is 25.6. The Bertz CT molecular complexity index is 1360. The minimum atomic E-state index is -0.489. The molecule has 4 aromatic rings. The first-order valence-corrected chi connectivity index (χ1v) is 11.7. The van der Waals surface area contributed by atoms with Crippen molar-refractivity contribution in [2.45, 2.75) is 19.5 Å². The summed E-state index contributed by atoms with van der Waals surface area (Å²) < 4.78 is 32.1. The summed E-state index contributed by atoms with van der Waals surface area (Å²) in [5.74, 6) is -0.638. The molecule has 1 N–H and O–H groups in total. The van der Waals surface area contributed by atoms with Crippen molar-refractivity contribution >= 4 is 17.5 Å². The van der Waals surface area contributed by atoms with E-state index >= 15 is 0 Å². The topological polar surface area (TPSA) is 58.6 Å². The molecule has 37 heavy (non-hydrogen) atoms. The molecule has 4 aromatic carbocycles. The van der Waals surface area contributed by atoms with Gasteiger partial charge in [0, 0.05) is 17.8 Å². The van der Waals surface area contributed by atoms with E-state index in [-0.39, 0.29) is 36.2 Å². The largest absolute Gasteiger partial charge is 0.497 e. The van der Waals surface area contributed by atoms with Crippen LogP contribution >= 0.6 is 0 Å². The molecule has 0 fully saturated rings. The van der Waals surface area contributed by atoms with Crippen molar-refractivity contribution in [3.8, 4) is 5.75 Å². The van der Waals surface area contributed by atoms with Crippen LogP contribution in [0, 0.1) is 11.6 Å². The lowest BCUT2D eigenvalue weighted by Crippen LogP contribution is -2.30. The highest BCUT2D eigenvalue weighted by Gasteiger charge is 2.19. The number of hydrogen-bond acceptors (Lipinski definition) is 3. The van der Waals surface area contributed by atoms with Gasteiger partial charge < -0.3 is 15.0 Å². The molecular formula is C30H26F2N2O3. The second-order valence-electron chi connectivity index (χ2n) is 8.50. The number of carbonyl (C=O) groups is 2. The van der Waals surface area contributed by atoms with Crippen LogP contribution in [0.3, 0.4) is 0 Å². The third kappa shape index (κ3) is 7.01. The molecule has 0 aliphatic carbocycles. The van der Waals surface area contributed by atoms with Crippen LogP contribution in [0.5, 0.6) is 5.75 Å². The Morgan fingerprint density at radius 2 is 1.43 bits per heavy atom. The maximum absolute atomic E-state index is 13.8. The number of benzene rings is 4. The number of halogens is 2. The van der Waals surface area contributed by atoms with E-state index in [2.05, 4.69) is 5.32 Å². The fourth-order valence-electron chi connectivity index (χ4n) is 3.82. The molecule has 188 valence electrons. The van der Waals surface area contributed by atoms with Crippen LogP contribution in [0.2, 0.25) is 0 Å². The number of anilines is 1. The molecule has 4 rings (SSSR count). The van der Waals surface area contributed by atoms with Crippen LogP contribution in [0.15, 0.2) is 97.1 Å². The Hall–Kier alpha value is -4.52. The van der Waals surface area contributed by atoms with Gasteiger partial charge in [-0.3, -0.25) is 9.59 Å². The number of nitrogens with zero attached hydrogens (tertiary/aromatic N) is 1. The average Bonchev–Trinajstić information content (AvgIpc) is 2.92. The number of hydrogen-bond donors (Lipinski definition) is 1. The van der Waals surface area contributed by atoms with Crippen molar-refractivity contribution < 1.29 is 23.1 Å². The highest BCUT2D eigenvalue weighted by Crippen LogP contribution is 2.23. The molecule has 0 saturated carbocycles. The van der Waals surface area contributed by atoms with Crippen molar-refractivity contribution in [3.63, 3.8) is 0 Å². The number of nitrogens with one attached hydrogen (secondary N) is 1. The third-order valence-corrected chi connectivity index (χ3v) is 5.83. The summed E-state index contributed by atoms with van der Waals surface area (Å²) >= 11 is 0.